The SMILES string of the molecule is O=C(CSCc1cccc2ccccc12)NC1=NN(c2ccccc2)C(=O)C1. The Morgan fingerprint density at radius 2 is 1.75 bits per heavy atom. The molecule has 0 bridgehead atoms. The van der Waals surface area contributed by atoms with Crippen LogP contribution in [0.5, 0.6) is 0 Å². The standard InChI is InChI=1S/C22H19N3O2S/c26-21(15-28-14-17-9-6-8-16-7-4-5-12-19(16)17)23-20-13-22(27)25(24-20)18-10-2-1-3-11-18/h1-12H,13-15H2,(H,23,24,26). The van der Waals surface area contributed by atoms with Crippen LogP contribution < -0.4 is 10.3 Å². The van der Waals surface area contributed by atoms with Crippen molar-refractivity contribution >= 4 is 45.9 Å². The normalized spacial score (nSPS) is 13.6. The van der Waals surface area contributed by atoms with Crippen LogP contribution >= 0.6 is 11.8 Å². The van der Waals surface area contributed by atoms with E-state index in [2.05, 4.69) is 34.7 Å². The smallest absolute Gasteiger partial charge is 0.255 e. The molecule has 0 unspecified atom stereocenters. The molecule has 3 aromatic carbocycles. The van der Waals surface area contributed by atoms with Crippen molar-refractivity contribution in [2.45, 2.75) is 12.2 Å². The van der Waals surface area contributed by atoms with E-state index in [0.717, 1.165) is 5.75 Å². The number of thioether (sulfide) groups is 1. The van der Waals surface area contributed by atoms with E-state index in [9.17, 15) is 9.59 Å². The molecule has 0 saturated carbocycles. The van der Waals surface area contributed by atoms with Gasteiger partial charge in [0, 0.05) is 5.75 Å². The molecule has 28 heavy (non-hydrogen) atoms. The first-order valence-electron chi connectivity index (χ1n) is 9.00. The third-order valence-corrected chi connectivity index (χ3v) is 5.41. The fraction of sp³-hybridized carbons (Fsp3) is 0.136. The van der Waals surface area contributed by atoms with Crippen LogP contribution in [0.4, 0.5) is 5.69 Å². The molecular formula is C22H19N3O2S. The molecule has 4 rings (SSSR count). The van der Waals surface area contributed by atoms with Gasteiger partial charge >= 0.3 is 0 Å². The summed E-state index contributed by atoms with van der Waals surface area (Å²) in [5.74, 6) is 1.15. The molecule has 0 radical (unpaired) electrons. The van der Waals surface area contributed by atoms with Crippen molar-refractivity contribution < 1.29 is 9.59 Å². The van der Waals surface area contributed by atoms with Crippen molar-refractivity contribution in [3.05, 3.63) is 78.4 Å². The van der Waals surface area contributed by atoms with E-state index in [1.165, 1.54) is 21.3 Å². The summed E-state index contributed by atoms with van der Waals surface area (Å²) in [6, 6.07) is 23.6. The molecule has 0 aliphatic carbocycles. The van der Waals surface area contributed by atoms with Crippen molar-refractivity contribution in [2.75, 3.05) is 10.8 Å². The van der Waals surface area contributed by atoms with Crippen molar-refractivity contribution in [3.8, 4) is 0 Å². The number of fused-ring (bicyclic) bond motifs is 1. The van der Waals surface area contributed by atoms with Crippen molar-refractivity contribution in [2.24, 2.45) is 5.10 Å². The number of hydrogen-bond acceptors (Lipinski definition) is 4. The molecule has 140 valence electrons. The molecule has 2 amide bonds. The van der Waals surface area contributed by atoms with Gasteiger partial charge in [0.05, 0.1) is 17.9 Å². The predicted octanol–water partition coefficient (Wildman–Crippen LogP) is 3.94. The molecule has 0 spiro atoms. The monoisotopic (exact) mass is 389 g/mol. The first-order valence-corrected chi connectivity index (χ1v) is 10.2. The van der Waals surface area contributed by atoms with Crippen LogP contribution in [0.1, 0.15) is 12.0 Å². The lowest BCUT2D eigenvalue weighted by atomic mass is 10.1. The average molecular weight is 389 g/mol. The Morgan fingerprint density at radius 1 is 1.00 bits per heavy atom. The molecule has 5 nitrogen and oxygen atoms in total. The summed E-state index contributed by atoms with van der Waals surface area (Å²) in [5.41, 5.74) is 1.90. The quantitative estimate of drug-likeness (QED) is 0.719. The minimum Gasteiger partial charge on any atom is -0.312 e. The van der Waals surface area contributed by atoms with Crippen LogP contribution in [0.3, 0.4) is 0 Å². The van der Waals surface area contributed by atoms with Crippen LogP contribution in [0, 0.1) is 0 Å². The first-order chi connectivity index (χ1) is 13.7. The Kier molecular flexibility index (Phi) is 5.39. The van der Waals surface area contributed by atoms with Gasteiger partial charge in [0.1, 0.15) is 5.84 Å². The zero-order valence-electron chi connectivity index (χ0n) is 15.2. The molecule has 1 N–H and O–H groups in total. The number of nitrogens with one attached hydrogen (secondary N) is 1. The third-order valence-electron chi connectivity index (χ3n) is 4.43. The van der Waals surface area contributed by atoms with Crippen molar-refractivity contribution in [3.63, 3.8) is 0 Å². The Hall–Kier alpha value is -3.12. The summed E-state index contributed by atoms with van der Waals surface area (Å²) in [6.45, 7) is 0. The molecule has 1 heterocycles. The summed E-state index contributed by atoms with van der Waals surface area (Å²) in [5, 5.41) is 10.7. The minimum absolute atomic E-state index is 0.106. The number of hydrazone groups is 1. The van der Waals surface area contributed by atoms with E-state index in [1.54, 1.807) is 11.8 Å². The number of hydrogen-bond donors (Lipinski definition) is 1. The maximum Gasteiger partial charge on any atom is 0.255 e. The molecule has 1 aliphatic rings. The summed E-state index contributed by atoms with van der Waals surface area (Å²) < 4.78 is 0. The number of amides is 2. The molecular weight excluding hydrogens is 370 g/mol. The van der Waals surface area contributed by atoms with Crippen molar-refractivity contribution in [1.29, 1.82) is 0 Å². The third kappa shape index (κ3) is 4.07. The summed E-state index contributed by atoms with van der Waals surface area (Å²) in [4.78, 5) is 24.4. The number of carbonyl (C=O) groups excluding carboxylic acids is 2. The molecule has 0 aromatic heterocycles. The van der Waals surface area contributed by atoms with Gasteiger partial charge < -0.3 is 5.32 Å². The second-order valence-corrected chi connectivity index (χ2v) is 7.43. The van der Waals surface area contributed by atoms with E-state index in [0.29, 0.717) is 17.3 Å². The Bertz CT molecular complexity index is 1040. The number of nitrogens with zero attached hydrogens (tertiary/aromatic N) is 2. The second-order valence-electron chi connectivity index (χ2n) is 6.44. The molecule has 0 atom stereocenters. The number of amidine groups is 1. The second kappa shape index (κ2) is 8.27. The molecule has 0 fully saturated rings. The molecule has 0 saturated heterocycles. The summed E-state index contributed by atoms with van der Waals surface area (Å²) >= 11 is 1.55. The van der Waals surface area contributed by atoms with Crippen LogP contribution in [0.2, 0.25) is 0 Å². The minimum atomic E-state index is -0.148. The van der Waals surface area contributed by atoms with Gasteiger partial charge in [0.25, 0.3) is 5.91 Å². The van der Waals surface area contributed by atoms with Crippen LogP contribution in [0.25, 0.3) is 10.8 Å². The van der Waals surface area contributed by atoms with Crippen LogP contribution in [-0.4, -0.2) is 23.4 Å². The van der Waals surface area contributed by atoms with E-state index in [4.69, 9.17) is 0 Å². The Labute approximate surface area is 167 Å². The highest BCUT2D eigenvalue weighted by atomic mass is 32.2. The zero-order chi connectivity index (χ0) is 19.3. The van der Waals surface area contributed by atoms with Gasteiger partial charge in [-0.15, -0.1) is 11.8 Å². The van der Waals surface area contributed by atoms with Gasteiger partial charge in [-0.3, -0.25) is 9.59 Å². The highest BCUT2D eigenvalue weighted by Gasteiger charge is 2.26. The predicted molar refractivity (Wildman–Crippen MR) is 114 cm³/mol. The molecule has 1 aliphatic heterocycles. The highest BCUT2D eigenvalue weighted by molar-refractivity contribution is 7.99. The average Bonchev–Trinajstić information content (AvgIpc) is 3.08. The largest absolute Gasteiger partial charge is 0.312 e. The topological polar surface area (TPSA) is 61.8 Å². The van der Waals surface area contributed by atoms with Gasteiger partial charge in [-0.1, -0.05) is 60.7 Å². The van der Waals surface area contributed by atoms with Gasteiger partial charge in [-0.25, -0.2) is 0 Å². The fourth-order valence-electron chi connectivity index (χ4n) is 3.14. The summed E-state index contributed by atoms with van der Waals surface area (Å²) in [6.07, 6.45) is 0.106. The summed E-state index contributed by atoms with van der Waals surface area (Å²) in [7, 11) is 0. The van der Waals surface area contributed by atoms with Gasteiger partial charge in [-0.2, -0.15) is 10.1 Å². The maximum atomic E-state index is 12.3. The van der Waals surface area contributed by atoms with Gasteiger partial charge in [0.2, 0.25) is 5.91 Å². The highest BCUT2D eigenvalue weighted by Crippen LogP contribution is 2.23. The van der Waals surface area contributed by atoms with Gasteiger partial charge in [-0.05, 0) is 28.5 Å². The molecule has 6 heteroatoms. The Balaban J connectivity index is 1.33. The number of rotatable bonds is 5. The van der Waals surface area contributed by atoms with E-state index >= 15 is 0 Å². The number of anilines is 1. The van der Waals surface area contributed by atoms with E-state index in [-0.39, 0.29) is 18.2 Å². The zero-order valence-corrected chi connectivity index (χ0v) is 16.0. The number of carbonyl (C=O) groups is 2. The maximum absolute atomic E-state index is 12.3. The lowest BCUT2D eigenvalue weighted by Crippen LogP contribution is -2.31. The number of benzene rings is 3. The Morgan fingerprint density at radius 3 is 2.61 bits per heavy atom. The van der Waals surface area contributed by atoms with Crippen molar-refractivity contribution in [1.82, 2.24) is 5.32 Å². The molecule has 3 aromatic rings. The van der Waals surface area contributed by atoms with Gasteiger partial charge in [0.15, 0.2) is 0 Å². The lowest BCUT2D eigenvalue weighted by Gasteiger charge is -2.10. The van der Waals surface area contributed by atoms with E-state index < -0.39 is 0 Å². The fourth-order valence-corrected chi connectivity index (χ4v) is 3.97. The first kappa shape index (κ1) is 18.3. The van der Waals surface area contributed by atoms with Crippen LogP contribution in [0.15, 0.2) is 77.9 Å². The van der Waals surface area contributed by atoms with E-state index in [1.807, 2.05) is 48.5 Å². The lowest BCUT2D eigenvalue weighted by molar-refractivity contribution is -0.117. The van der Waals surface area contributed by atoms with Crippen LogP contribution in [-0.2, 0) is 15.3 Å². The number of para-hydroxylation sites is 1.